The van der Waals surface area contributed by atoms with Gasteiger partial charge in [-0.1, -0.05) is 0 Å². The molecular formula is C13H18N2O4. The molecule has 0 spiro atoms. The van der Waals surface area contributed by atoms with E-state index in [0.717, 1.165) is 31.6 Å². The Bertz CT molecular complexity index is 456. The van der Waals surface area contributed by atoms with E-state index < -0.39 is 4.92 Å². The number of nitro benzene ring substituents is 1. The van der Waals surface area contributed by atoms with E-state index >= 15 is 0 Å². The van der Waals surface area contributed by atoms with E-state index in [-0.39, 0.29) is 18.0 Å². The highest BCUT2D eigenvalue weighted by molar-refractivity contribution is 5.59. The van der Waals surface area contributed by atoms with Crippen LogP contribution in [0.5, 0.6) is 5.75 Å². The first-order valence-corrected chi connectivity index (χ1v) is 6.34. The minimum absolute atomic E-state index is 0.0171. The van der Waals surface area contributed by atoms with Crippen LogP contribution < -0.4 is 9.64 Å². The van der Waals surface area contributed by atoms with Crippen LogP contribution in [0.4, 0.5) is 11.4 Å². The normalized spacial score (nSPS) is 16.4. The number of ether oxygens (including phenoxy) is 1. The third-order valence-corrected chi connectivity index (χ3v) is 3.60. The Labute approximate surface area is 111 Å². The summed E-state index contributed by atoms with van der Waals surface area (Å²) in [6.07, 6.45) is 1.88. The number of anilines is 1. The van der Waals surface area contributed by atoms with Crippen molar-refractivity contribution in [1.82, 2.24) is 0 Å². The molecule has 0 bridgehead atoms. The second-order valence-corrected chi connectivity index (χ2v) is 4.73. The Kier molecular flexibility index (Phi) is 4.21. The number of nitrogens with zero attached hydrogens (tertiary/aromatic N) is 2. The lowest BCUT2D eigenvalue weighted by molar-refractivity contribution is -0.385. The van der Waals surface area contributed by atoms with E-state index in [1.807, 2.05) is 0 Å². The van der Waals surface area contributed by atoms with Crippen LogP contribution in [0.15, 0.2) is 18.2 Å². The summed E-state index contributed by atoms with van der Waals surface area (Å²) in [5.41, 5.74) is 0.912. The van der Waals surface area contributed by atoms with Crippen molar-refractivity contribution >= 4 is 11.4 Å². The average molecular weight is 266 g/mol. The molecule has 6 nitrogen and oxygen atoms in total. The summed E-state index contributed by atoms with van der Waals surface area (Å²) in [5, 5.41) is 19.9. The minimum atomic E-state index is -0.444. The number of aliphatic hydroxyl groups excluding tert-OH is 1. The zero-order valence-corrected chi connectivity index (χ0v) is 10.9. The molecular weight excluding hydrogens is 248 g/mol. The lowest BCUT2D eigenvalue weighted by Crippen LogP contribution is -2.34. The van der Waals surface area contributed by atoms with Gasteiger partial charge in [0, 0.05) is 37.5 Å². The molecule has 0 aliphatic carbocycles. The van der Waals surface area contributed by atoms with Gasteiger partial charge in [-0.25, -0.2) is 0 Å². The number of hydrogen-bond acceptors (Lipinski definition) is 5. The van der Waals surface area contributed by atoms with Crippen LogP contribution in [0.2, 0.25) is 0 Å². The molecule has 0 amide bonds. The molecule has 0 saturated carbocycles. The van der Waals surface area contributed by atoms with Crippen LogP contribution in [0.25, 0.3) is 0 Å². The van der Waals surface area contributed by atoms with E-state index in [1.54, 1.807) is 12.1 Å². The summed E-state index contributed by atoms with van der Waals surface area (Å²) in [6, 6.07) is 4.93. The van der Waals surface area contributed by atoms with Gasteiger partial charge < -0.3 is 14.7 Å². The number of nitro groups is 1. The van der Waals surface area contributed by atoms with Crippen LogP contribution in [-0.4, -0.2) is 36.8 Å². The molecule has 6 heteroatoms. The average Bonchev–Trinajstić information content (AvgIpc) is 2.46. The second kappa shape index (κ2) is 5.88. The number of piperidine rings is 1. The number of rotatable bonds is 4. The zero-order valence-electron chi connectivity index (χ0n) is 10.9. The van der Waals surface area contributed by atoms with E-state index in [2.05, 4.69) is 4.90 Å². The molecule has 1 N–H and O–H groups in total. The van der Waals surface area contributed by atoms with E-state index in [9.17, 15) is 10.1 Å². The fraction of sp³-hybridized carbons (Fsp3) is 0.538. The molecule has 1 heterocycles. The largest absolute Gasteiger partial charge is 0.490 e. The van der Waals surface area contributed by atoms with Crippen molar-refractivity contribution < 1.29 is 14.8 Å². The van der Waals surface area contributed by atoms with Crippen molar-refractivity contribution in [2.24, 2.45) is 5.92 Å². The highest BCUT2D eigenvalue weighted by Crippen LogP contribution is 2.32. The van der Waals surface area contributed by atoms with Crippen molar-refractivity contribution in [3.63, 3.8) is 0 Å². The first-order valence-electron chi connectivity index (χ1n) is 6.34. The first-order chi connectivity index (χ1) is 9.15. The second-order valence-electron chi connectivity index (χ2n) is 4.73. The molecule has 1 saturated heterocycles. The predicted molar refractivity (Wildman–Crippen MR) is 71.7 cm³/mol. The Morgan fingerprint density at radius 1 is 1.47 bits per heavy atom. The Balaban J connectivity index is 2.15. The summed E-state index contributed by atoms with van der Waals surface area (Å²) < 4.78 is 5.07. The number of benzene rings is 1. The lowest BCUT2D eigenvalue weighted by atomic mass is 9.97. The van der Waals surface area contributed by atoms with Gasteiger partial charge in [0.1, 0.15) is 0 Å². The van der Waals surface area contributed by atoms with E-state index in [4.69, 9.17) is 9.84 Å². The van der Waals surface area contributed by atoms with Gasteiger partial charge in [-0.05, 0) is 24.8 Å². The zero-order chi connectivity index (χ0) is 13.8. The summed E-state index contributed by atoms with van der Waals surface area (Å²) >= 11 is 0. The topological polar surface area (TPSA) is 75.8 Å². The van der Waals surface area contributed by atoms with Crippen molar-refractivity contribution in [2.45, 2.75) is 12.8 Å². The van der Waals surface area contributed by atoms with Crippen LogP contribution in [0.3, 0.4) is 0 Å². The maximum absolute atomic E-state index is 10.8. The molecule has 104 valence electrons. The smallest absolute Gasteiger partial charge is 0.311 e. The van der Waals surface area contributed by atoms with Gasteiger partial charge in [0.2, 0.25) is 0 Å². The molecule has 1 aliphatic heterocycles. The van der Waals surface area contributed by atoms with E-state index in [1.165, 1.54) is 13.2 Å². The minimum Gasteiger partial charge on any atom is -0.490 e. The molecule has 1 aromatic carbocycles. The molecule has 1 aromatic rings. The molecule has 0 unspecified atom stereocenters. The quantitative estimate of drug-likeness (QED) is 0.664. The lowest BCUT2D eigenvalue weighted by Gasteiger charge is -2.32. The highest BCUT2D eigenvalue weighted by atomic mass is 16.6. The van der Waals surface area contributed by atoms with Crippen LogP contribution in [0.1, 0.15) is 12.8 Å². The Morgan fingerprint density at radius 2 is 2.16 bits per heavy atom. The summed E-state index contributed by atoms with van der Waals surface area (Å²) in [6.45, 7) is 1.94. The number of methoxy groups -OCH3 is 1. The van der Waals surface area contributed by atoms with Gasteiger partial charge >= 0.3 is 5.69 Å². The van der Waals surface area contributed by atoms with Gasteiger partial charge in [0.25, 0.3) is 0 Å². The van der Waals surface area contributed by atoms with Crippen molar-refractivity contribution in [3.8, 4) is 5.75 Å². The van der Waals surface area contributed by atoms with Gasteiger partial charge in [-0.15, -0.1) is 0 Å². The fourth-order valence-electron chi connectivity index (χ4n) is 2.39. The van der Waals surface area contributed by atoms with Crippen molar-refractivity contribution in [1.29, 1.82) is 0 Å². The summed E-state index contributed by atoms with van der Waals surface area (Å²) in [4.78, 5) is 12.6. The number of aliphatic hydroxyl groups is 1. The maximum atomic E-state index is 10.8. The van der Waals surface area contributed by atoms with Gasteiger partial charge in [0.15, 0.2) is 5.75 Å². The predicted octanol–water partition coefficient (Wildman–Crippen LogP) is 1.81. The Hall–Kier alpha value is -1.82. The van der Waals surface area contributed by atoms with Gasteiger partial charge in [-0.3, -0.25) is 10.1 Å². The van der Waals surface area contributed by atoms with Crippen molar-refractivity contribution in [2.75, 3.05) is 31.7 Å². The SMILES string of the molecule is COc1cc(N2CCC(CO)CC2)ccc1[N+](=O)[O-]. The molecule has 0 atom stereocenters. The van der Waals surface area contributed by atoms with Gasteiger partial charge in [0.05, 0.1) is 12.0 Å². The fourth-order valence-corrected chi connectivity index (χ4v) is 2.39. The van der Waals surface area contributed by atoms with Crippen LogP contribution in [0, 0.1) is 16.0 Å². The third kappa shape index (κ3) is 2.96. The standard InChI is InChI=1S/C13H18N2O4/c1-19-13-8-11(2-3-12(13)15(17)18)14-6-4-10(9-16)5-7-14/h2-3,8,10,16H,4-7,9H2,1H3. The molecule has 0 aromatic heterocycles. The summed E-state index contributed by atoms with van der Waals surface area (Å²) in [7, 11) is 1.43. The molecule has 1 fully saturated rings. The van der Waals surface area contributed by atoms with E-state index in [0.29, 0.717) is 5.92 Å². The highest BCUT2D eigenvalue weighted by Gasteiger charge is 2.21. The van der Waals surface area contributed by atoms with Crippen LogP contribution in [-0.2, 0) is 0 Å². The molecule has 2 rings (SSSR count). The van der Waals surface area contributed by atoms with Crippen molar-refractivity contribution in [3.05, 3.63) is 28.3 Å². The third-order valence-electron chi connectivity index (χ3n) is 3.60. The monoisotopic (exact) mass is 266 g/mol. The first kappa shape index (κ1) is 13.6. The van der Waals surface area contributed by atoms with Gasteiger partial charge in [-0.2, -0.15) is 0 Å². The maximum Gasteiger partial charge on any atom is 0.311 e. The number of hydrogen-bond donors (Lipinski definition) is 1. The molecule has 19 heavy (non-hydrogen) atoms. The molecule has 1 aliphatic rings. The Morgan fingerprint density at radius 3 is 2.68 bits per heavy atom. The summed E-state index contributed by atoms with van der Waals surface area (Å²) in [5.74, 6) is 0.656. The van der Waals surface area contributed by atoms with Crippen LogP contribution >= 0.6 is 0 Å². The molecule has 0 radical (unpaired) electrons.